The first kappa shape index (κ1) is 24.4. The largest absolute Gasteiger partial charge is 0.376 e. The van der Waals surface area contributed by atoms with Crippen LogP contribution in [0.1, 0.15) is 24.9 Å². The lowest BCUT2D eigenvalue weighted by atomic mass is 10.0. The van der Waals surface area contributed by atoms with Crippen molar-refractivity contribution in [3.63, 3.8) is 0 Å². The molecule has 0 saturated heterocycles. The standard InChI is InChI=1S/C29H31N3O3/c1-2-31(20-22-9-5-3-6-10-22)29(34)27(19-28(33)30-35)32-18-17-26(21-32)25-15-13-24(14-16-25)23-11-7-4-8-12-23/h3-18,21,27-28,30,33,35H,2,19-20H2,1H3/t27-,28?/m1/s1. The SMILES string of the molecule is CCN(Cc1ccccc1)C(=O)[C@@H](CC(O)NO)n1ccc(-c2ccc(-c3ccccc3)cc2)c1. The highest BCUT2D eigenvalue weighted by atomic mass is 16.5. The Morgan fingerprint density at radius 2 is 1.43 bits per heavy atom. The zero-order valence-electron chi connectivity index (χ0n) is 19.8. The predicted molar refractivity (Wildman–Crippen MR) is 137 cm³/mol. The molecule has 0 aliphatic rings. The molecule has 0 fully saturated rings. The fraction of sp³-hybridized carbons (Fsp3) is 0.207. The number of aliphatic hydroxyl groups is 1. The van der Waals surface area contributed by atoms with Gasteiger partial charge < -0.3 is 19.8 Å². The topological polar surface area (TPSA) is 77.7 Å². The Bertz CT molecular complexity index is 1210. The fourth-order valence-corrected chi connectivity index (χ4v) is 4.24. The monoisotopic (exact) mass is 469 g/mol. The molecule has 1 heterocycles. The summed E-state index contributed by atoms with van der Waals surface area (Å²) in [6.45, 7) is 2.94. The van der Waals surface area contributed by atoms with Crippen molar-refractivity contribution in [1.29, 1.82) is 0 Å². The molecule has 6 nitrogen and oxygen atoms in total. The van der Waals surface area contributed by atoms with Crippen molar-refractivity contribution in [2.45, 2.75) is 32.2 Å². The summed E-state index contributed by atoms with van der Waals surface area (Å²) in [4.78, 5) is 15.3. The van der Waals surface area contributed by atoms with Gasteiger partial charge in [-0.3, -0.25) is 4.79 Å². The molecule has 6 heteroatoms. The third-order valence-corrected chi connectivity index (χ3v) is 6.19. The Kier molecular flexibility index (Phi) is 8.11. The van der Waals surface area contributed by atoms with Gasteiger partial charge in [-0.2, -0.15) is 5.48 Å². The van der Waals surface area contributed by atoms with Crippen LogP contribution in [0, 0.1) is 0 Å². The number of amides is 1. The molecule has 0 spiro atoms. The highest BCUT2D eigenvalue weighted by Gasteiger charge is 2.27. The number of nitrogens with zero attached hydrogens (tertiary/aromatic N) is 2. The Morgan fingerprint density at radius 3 is 2.03 bits per heavy atom. The highest BCUT2D eigenvalue weighted by molar-refractivity contribution is 5.81. The second-order valence-electron chi connectivity index (χ2n) is 8.53. The molecule has 0 radical (unpaired) electrons. The molecule has 2 atom stereocenters. The summed E-state index contributed by atoms with van der Waals surface area (Å²) in [5.74, 6) is -0.118. The normalized spacial score (nSPS) is 12.8. The first-order valence-electron chi connectivity index (χ1n) is 11.8. The molecular formula is C29H31N3O3. The maximum absolute atomic E-state index is 13.6. The summed E-state index contributed by atoms with van der Waals surface area (Å²) in [7, 11) is 0. The maximum atomic E-state index is 13.6. The number of likely N-dealkylation sites (N-methyl/N-ethyl adjacent to an activating group) is 1. The van der Waals surface area contributed by atoms with Gasteiger partial charge in [0.25, 0.3) is 0 Å². The summed E-state index contributed by atoms with van der Waals surface area (Å²) in [6.07, 6.45) is 2.57. The second-order valence-corrected chi connectivity index (χ2v) is 8.53. The average Bonchev–Trinajstić information content (AvgIpc) is 3.41. The lowest BCUT2D eigenvalue weighted by Crippen LogP contribution is -2.40. The van der Waals surface area contributed by atoms with E-state index >= 15 is 0 Å². The minimum atomic E-state index is -1.23. The van der Waals surface area contributed by atoms with E-state index in [0.29, 0.717) is 13.1 Å². The smallest absolute Gasteiger partial charge is 0.246 e. The average molecular weight is 470 g/mol. The number of benzene rings is 3. The van der Waals surface area contributed by atoms with Gasteiger partial charge in [-0.25, -0.2) is 0 Å². The zero-order chi connectivity index (χ0) is 24.6. The molecule has 35 heavy (non-hydrogen) atoms. The van der Waals surface area contributed by atoms with Crippen LogP contribution in [-0.4, -0.2) is 38.5 Å². The van der Waals surface area contributed by atoms with Crippen LogP contribution in [0.5, 0.6) is 0 Å². The first-order valence-corrected chi connectivity index (χ1v) is 11.8. The van der Waals surface area contributed by atoms with Gasteiger partial charge in [0.05, 0.1) is 0 Å². The number of nitrogens with one attached hydrogen (secondary N) is 1. The van der Waals surface area contributed by atoms with Crippen LogP contribution in [0.3, 0.4) is 0 Å². The molecule has 3 N–H and O–H groups in total. The minimum Gasteiger partial charge on any atom is -0.376 e. The predicted octanol–water partition coefficient (Wildman–Crippen LogP) is 5.10. The van der Waals surface area contributed by atoms with Crippen LogP contribution < -0.4 is 5.48 Å². The van der Waals surface area contributed by atoms with Gasteiger partial charge in [-0.15, -0.1) is 0 Å². The number of rotatable bonds is 10. The number of hydroxylamine groups is 1. The van der Waals surface area contributed by atoms with Gasteiger partial charge >= 0.3 is 0 Å². The summed E-state index contributed by atoms with van der Waals surface area (Å²) in [5.41, 5.74) is 7.20. The molecule has 1 unspecified atom stereocenters. The minimum absolute atomic E-state index is 0.0295. The van der Waals surface area contributed by atoms with Crippen molar-refractivity contribution >= 4 is 5.91 Å². The van der Waals surface area contributed by atoms with Crippen LogP contribution in [0.2, 0.25) is 0 Å². The Balaban J connectivity index is 1.57. The zero-order valence-corrected chi connectivity index (χ0v) is 19.8. The number of hydrogen-bond acceptors (Lipinski definition) is 4. The third kappa shape index (κ3) is 6.05. The van der Waals surface area contributed by atoms with Crippen molar-refractivity contribution in [2.24, 2.45) is 0 Å². The van der Waals surface area contributed by atoms with E-state index in [0.717, 1.165) is 27.8 Å². The molecule has 180 valence electrons. The van der Waals surface area contributed by atoms with Gasteiger partial charge in [-0.05, 0) is 40.8 Å². The van der Waals surface area contributed by atoms with Crippen LogP contribution >= 0.6 is 0 Å². The summed E-state index contributed by atoms with van der Waals surface area (Å²) in [6, 6.07) is 29.6. The van der Waals surface area contributed by atoms with Gasteiger partial charge in [-0.1, -0.05) is 84.9 Å². The Labute approximate surface area is 206 Å². The van der Waals surface area contributed by atoms with Crippen LogP contribution in [0.4, 0.5) is 0 Å². The van der Waals surface area contributed by atoms with E-state index in [1.54, 1.807) is 4.90 Å². The number of aromatic nitrogens is 1. The van der Waals surface area contributed by atoms with Crippen molar-refractivity contribution in [3.8, 4) is 22.3 Å². The van der Waals surface area contributed by atoms with Crippen molar-refractivity contribution < 1.29 is 15.1 Å². The molecule has 1 aromatic heterocycles. The molecule has 0 aliphatic carbocycles. The summed E-state index contributed by atoms with van der Waals surface area (Å²) >= 11 is 0. The molecular weight excluding hydrogens is 438 g/mol. The quantitative estimate of drug-likeness (QED) is 0.223. The Hall–Kier alpha value is -3.71. The molecule has 1 amide bonds. The summed E-state index contributed by atoms with van der Waals surface area (Å²) in [5, 5.41) is 19.3. The maximum Gasteiger partial charge on any atom is 0.246 e. The van der Waals surface area contributed by atoms with Gasteiger partial charge in [0.1, 0.15) is 12.3 Å². The fourth-order valence-electron chi connectivity index (χ4n) is 4.24. The number of carbonyl (C=O) groups excluding carboxylic acids is 1. The van der Waals surface area contributed by atoms with Gasteiger partial charge in [0.2, 0.25) is 5.91 Å². The molecule has 0 bridgehead atoms. The molecule has 0 saturated carbocycles. The number of hydrogen-bond donors (Lipinski definition) is 3. The van der Waals surface area contributed by atoms with E-state index in [9.17, 15) is 15.1 Å². The van der Waals surface area contributed by atoms with Crippen molar-refractivity contribution in [2.75, 3.05) is 6.54 Å². The first-order chi connectivity index (χ1) is 17.1. The molecule has 3 aromatic carbocycles. The third-order valence-electron chi connectivity index (χ3n) is 6.19. The summed E-state index contributed by atoms with van der Waals surface area (Å²) < 4.78 is 1.82. The van der Waals surface area contributed by atoms with Crippen LogP contribution in [0.25, 0.3) is 22.3 Å². The lowest BCUT2D eigenvalue weighted by molar-refractivity contribution is -0.137. The lowest BCUT2D eigenvalue weighted by Gasteiger charge is -2.28. The van der Waals surface area contributed by atoms with Crippen LogP contribution in [-0.2, 0) is 11.3 Å². The van der Waals surface area contributed by atoms with E-state index < -0.39 is 12.3 Å². The van der Waals surface area contributed by atoms with Gasteiger partial charge in [0, 0.05) is 31.9 Å². The van der Waals surface area contributed by atoms with E-state index in [1.165, 1.54) is 0 Å². The van der Waals surface area contributed by atoms with Crippen molar-refractivity contribution in [3.05, 3.63) is 109 Å². The second kappa shape index (κ2) is 11.6. The molecule has 0 aliphatic heterocycles. The van der Waals surface area contributed by atoms with Gasteiger partial charge in [0.15, 0.2) is 0 Å². The van der Waals surface area contributed by atoms with Crippen molar-refractivity contribution in [1.82, 2.24) is 14.9 Å². The van der Waals surface area contributed by atoms with E-state index in [-0.39, 0.29) is 12.3 Å². The number of aliphatic hydroxyl groups excluding tert-OH is 1. The number of carbonyl (C=O) groups is 1. The van der Waals surface area contributed by atoms with E-state index in [4.69, 9.17) is 0 Å². The van der Waals surface area contributed by atoms with E-state index in [1.807, 2.05) is 84.0 Å². The molecule has 4 rings (SSSR count). The highest BCUT2D eigenvalue weighted by Crippen LogP contribution is 2.27. The Morgan fingerprint density at radius 1 is 0.857 bits per heavy atom. The van der Waals surface area contributed by atoms with E-state index in [2.05, 4.69) is 36.4 Å². The van der Waals surface area contributed by atoms with Crippen LogP contribution in [0.15, 0.2) is 103 Å². The molecule has 4 aromatic rings.